The van der Waals surface area contributed by atoms with E-state index in [0.717, 1.165) is 30.0 Å². The number of aromatic nitrogens is 2. The minimum absolute atomic E-state index is 0.0446. The summed E-state index contributed by atoms with van der Waals surface area (Å²) < 4.78 is 0. The lowest BCUT2D eigenvalue weighted by Gasteiger charge is -2.16. The summed E-state index contributed by atoms with van der Waals surface area (Å²) in [7, 11) is 0. The van der Waals surface area contributed by atoms with Gasteiger partial charge in [0.15, 0.2) is 5.82 Å². The van der Waals surface area contributed by atoms with Crippen LogP contribution in [0.4, 0.5) is 11.5 Å². The predicted octanol–water partition coefficient (Wildman–Crippen LogP) is 3.70. The van der Waals surface area contributed by atoms with Gasteiger partial charge in [-0.05, 0) is 48.4 Å². The van der Waals surface area contributed by atoms with Crippen LogP contribution < -0.4 is 15.5 Å². The van der Waals surface area contributed by atoms with Gasteiger partial charge in [-0.25, -0.2) is 0 Å². The molecule has 0 unspecified atom stereocenters. The summed E-state index contributed by atoms with van der Waals surface area (Å²) >= 11 is 5.95. The van der Waals surface area contributed by atoms with Crippen molar-refractivity contribution in [3.63, 3.8) is 0 Å². The Bertz CT molecular complexity index is 1050. The fraction of sp³-hybridized carbons (Fsp3) is 0.227. The SMILES string of the molecule is CC(=O)Nc1ccc(C(=O)N[C@H]2CCN(c3cc(-c4ccc(Cl)cc4)[nH]n3)C2)cc1. The number of rotatable bonds is 5. The molecule has 1 aromatic heterocycles. The summed E-state index contributed by atoms with van der Waals surface area (Å²) in [6.45, 7) is 2.96. The van der Waals surface area contributed by atoms with Crippen molar-refractivity contribution in [2.24, 2.45) is 0 Å². The van der Waals surface area contributed by atoms with Crippen LogP contribution in [0.2, 0.25) is 5.02 Å². The number of benzene rings is 2. The number of anilines is 2. The second kappa shape index (κ2) is 8.59. The largest absolute Gasteiger partial charge is 0.353 e. The Kier molecular flexibility index (Phi) is 5.72. The van der Waals surface area contributed by atoms with Gasteiger partial charge in [0.05, 0.1) is 5.69 Å². The highest BCUT2D eigenvalue weighted by molar-refractivity contribution is 6.30. The first-order chi connectivity index (χ1) is 14.5. The van der Waals surface area contributed by atoms with Gasteiger partial charge >= 0.3 is 0 Å². The first kappa shape index (κ1) is 20.0. The van der Waals surface area contributed by atoms with Crippen LogP contribution in [0.15, 0.2) is 54.6 Å². The predicted molar refractivity (Wildman–Crippen MR) is 118 cm³/mol. The zero-order valence-corrected chi connectivity index (χ0v) is 17.2. The fourth-order valence-electron chi connectivity index (χ4n) is 3.51. The molecule has 1 aliphatic heterocycles. The van der Waals surface area contributed by atoms with Gasteiger partial charge in [-0.1, -0.05) is 23.7 Å². The number of nitrogens with one attached hydrogen (secondary N) is 3. The molecule has 2 heterocycles. The number of carbonyl (C=O) groups excluding carboxylic acids is 2. The summed E-state index contributed by atoms with van der Waals surface area (Å²) in [6, 6.07) is 16.5. The van der Waals surface area contributed by atoms with Gasteiger partial charge in [0, 0.05) is 48.4 Å². The van der Waals surface area contributed by atoms with Crippen LogP contribution >= 0.6 is 11.6 Å². The van der Waals surface area contributed by atoms with Gasteiger partial charge in [0.25, 0.3) is 5.91 Å². The normalized spacial score (nSPS) is 15.8. The van der Waals surface area contributed by atoms with Crippen LogP contribution in [0.3, 0.4) is 0 Å². The highest BCUT2D eigenvalue weighted by atomic mass is 35.5. The minimum atomic E-state index is -0.143. The third kappa shape index (κ3) is 4.63. The number of halogens is 1. The van der Waals surface area contributed by atoms with Crippen molar-refractivity contribution >= 4 is 34.9 Å². The van der Waals surface area contributed by atoms with Gasteiger partial charge in [-0.3, -0.25) is 14.7 Å². The number of hydrogen-bond acceptors (Lipinski definition) is 4. The van der Waals surface area contributed by atoms with Crippen LogP contribution in [0.25, 0.3) is 11.3 Å². The zero-order valence-electron chi connectivity index (χ0n) is 16.5. The molecule has 3 N–H and O–H groups in total. The number of amides is 2. The van der Waals surface area contributed by atoms with Gasteiger partial charge in [-0.2, -0.15) is 5.10 Å². The molecule has 0 spiro atoms. The lowest BCUT2D eigenvalue weighted by molar-refractivity contribution is -0.114. The molecule has 1 saturated heterocycles. The van der Waals surface area contributed by atoms with Crippen molar-refractivity contribution in [1.29, 1.82) is 0 Å². The van der Waals surface area contributed by atoms with Crippen molar-refractivity contribution in [1.82, 2.24) is 15.5 Å². The van der Waals surface area contributed by atoms with Crippen LogP contribution in [0.5, 0.6) is 0 Å². The van der Waals surface area contributed by atoms with E-state index in [9.17, 15) is 9.59 Å². The molecule has 30 heavy (non-hydrogen) atoms. The highest BCUT2D eigenvalue weighted by Gasteiger charge is 2.26. The average molecular weight is 424 g/mol. The monoisotopic (exact) mass is 423 g/mol. The molecule has 8 heteroatoms. The quantitative estimate of drug-likeness (QED) is 0.583. The molecule has 4 rings (SSSR count). The highest BCUT2D eigenvalue weighted by Crippen LogP contribution is 2.25. The molecule has 1 atom stereocenters. The van der Waals surface area contributed by atoms with Crippen molar-refractivity contribution in [3.8, 4) is 11.3 Å². The second-order valence-electron chi connectivity index (χ2n) is 7.31. The summed E-state index contributed by atoms with van der Waals surface area (Å²) in [5.74, 6) is 0.590. The summed E-state index contributed by atoms with van der Waals surface area (Å²) in [4.78, 5) is 25.8. The lowest BCUT2D eigenvalue weighted by atomic mass is 10.1. The van der Waals surface area contributed by atoms with E-state index >= 15 is 0 Å². The maximum Gasteiger partial charge on any atom is 0.251 e. The second-order valence-corrected chi connectivity index (χ2v) is 7.75. The molecule has 0 aliphatic carbocycles. The molecule has 1 aliphatic rings. The Hall–Kier alpha value is -3.32. The third-order valence-electron chi connectivity index (χ3n) is 5.03. The average Bonchev–Trinajstić information content (AvgIpc) is 3.38. The minimum Gasteiger partial charge on any atom is -0.353 e. The molecule has 2 aromatic carbocycles. The van der Waals surface area contributed by atoms with E-state index in [2.05, 4.69) is 25.7 Å². The first-order valence-corrected chi connectivity index (χ1v) is 10.1. The lowest BCUT2D eigenvalue weighted by Crippen LogP contribution is -2.37. The maximum atomic E-state index is 12.5. The van der Waals surface area contributed by atoms with E-state index in [0.29, 0.717) is 22.8 Å². The van der Waals surface area contributed by atoms with E-state index in [1.165, 1.54) is 6.92 Å². The van der Waals surface area contributed by atoms with Crippen molar-refractivity contribution in [2.45, 2.75) is 19.4 Å². The van der Waals surface area contributed by atoms with E-state index in [1.54, 1.807) is 24.3 Å². The first-order valence-electron chi connectivity index (χ1n) is 9.73. The molecule has 7 nitrogen and oxygen atoms in total. The molecular weight excluding hydrogens is 402 g/mol. The van der Waals surface area contributed by atoms with Crippen LogP contribution in [0, 0.1) is 0 Å². The number of aromatic amines is 1. The maximum absolute atomic E-state index is 12.5. The Labute approximate surface area is 179 Å². The van der Waals surface area contributed by atoms with Crippen molar-refractivity contribution in [2.75, 3.05) is 23.3 Å². The third-order valence-corrected chi connectivity index (χ3v) is 5.29. The Morgan fingerprint density at radius 1 is 1.13 bits per heavy atom. The number of nitrogens with zero attached hydrogens (tertiary/aromatic N) is 2. The molecule has 0 radical (unpaired) electrons. The van der Waals surface area contributed by atoms with E-state index in [-0.39, 0.29) is 17.9 Å². The van der Waals surface area contributed by atoms with E-state index in [1.807, 2.05) is 30.3 Å². The Balaban J connectivity index is 1.35. The van der Waals surface area contributed by atoms with Gasteiger partial charge < -0.3 is 15.5 Å². The Morgan fingerprint density at radius 2 is 1.87 bits per heavy atom. The van der Waals surface area contributed by atoms with Crippen molar-refractivity contribution in [3.05, 3.63) is 65.2 Å². The topological polar surface area (TPSA) is 90.1 Å². The van der Waals surface area contributed by atoms with Crippen LogP contribution in [-0.4, -0.2) is 41.1 Å². The summed E-state index contributed by atoms with van der Waals surface area (Å²) in [5.41, 5.74) is 3.17. The van der Waals surface area contributed by atoms with E-state index in [4.69, 9.17) is 11.6 Å². The van der Waals surface area contributed by atoms with Crippen LogP contribution in [-0.2, 0) is 4.79 Å². The molecular formula is C22H22ClN5O2. The zero-order chi connectivity index (χ0) is 21.1. The molecule has 2 amide bonds. The summed E-state index contributed by atoms with van der Waals surface area (Å²) in [5, 5.41) is 14.0. The molecule has 0 saturated carbocycles. The standard InChI is InChI=1S/C22H22ClN5O2/c1-14(29)24-18-8-4-16(5-9-18)22(30)25-19-10-11-28(13-19)21-12-20(26-27-21)15-2-6-17(23)7-3-15/h2-9,12,19H,10-11,13H2,1H3,(H,24,29)(H,25,30)(H,26,27)/t19-/m0/s1. The molecule has 3 aromatic rings. The smallest absolute Gasteiger partial charge is 0.251 e. The number of carbonyl (C=O) groups is 2. The van der Waals surface area contributed by atoms with Gasteiger partial charge in [0.1, 0.15) is 0 Å². The molecule has 154 valence electrons. The van der Waals surface area contributed by atoms with E-state index < -0.39 is 0 Å². The van der Waals surface area contributed by atoms with Crippen LogP contribution in [0.1, 0.15) is 23.7 Å². The van der Waals surface area contributed by atoms with Gasteiger partial charge in [0.2, 0.25) is 5.91 Å². The molecule has 1 fully saturated rings. The molecule has 0 bridgehead atoms. The Morgan fingerprint density at radius 3 is 2.57 bits per heavy atom. The van der Waals surface area contributed by atoms with Gasteiger partial charge in [-0.15, -0.1) is 0 Å². The number of H-pyrrole nitrogens is 1. The van der Waals surface area contributed by atoms with Crippen molar-refractivity contribution < 1.29 is 9.59 Å². The summed E-state index contributed by atoms with van der Waals surface area (Å²) in [6.07, 6.45) is 0.846. The number of hydrogen-bond donors (Lipinski definition) is 3. The fourth-order valence-corrected chi connectivity index (χ4v) is 3.64.